The Labute approximate surface area is 122 Å². The summed E-state index contributed by atoms with van der Waals surface area (Å²) in [4.78, 5) is 25.5. The summed E-state index contributed by atoms with van der Waals surface area (Å²) in [6.07, 6.45) is 1.05. The number of carbonyl (C=O) groups excluding carboxylic acids is 2. The number of amides is 2. The average Bonchev–Trinajstić information content (AvgIpc) is 2.24. The van der Waals surface area contributed by atoms with E-state index in [0.29, 0.717) is 24.8 Å². The zero-order valence-electron chi connectivity index (χ0n) is 13.4. The third-order valence-corrected chi connectivity index (χ3v) is 3.23. The summed E-state index contributed by atoms with van der Waals surface area (Å²) in [7, 11) is 0. The minimum atomic E-state index is -0.508. The van der Waals surface area contributed by atoms with E-state index in [1.165, 1.54) is 6.42 Å². The van der Waals surface area contributed by atoms with Crippen LogP contribution in [0.5, 0.6) is 0 Å². The third-order valence-electron chi connectivity index (χ3n) is 3.23. The Morgan fingerprint density at radius 1 is 1.20 bits per heavy atom. The largest absolute Gasteiger partial charge is 0.444 e. The van der Waals surface area contributed by atoms with Crippen molar-refractivity contribution in [3.63, 3.8) is 0 Å². The Morgan fingerprint density at radius 3 is 2.25 bits per heavy atom. The normalized spacial score (nSPS) is 23.4. The van der Waals surface area contributed by atoms with Gasteiger partial charge in [0.15, 0.2) is 0 Å². The molecular weight excluding hydrogens is 256 g/mol. The molecule has 1 aliphatic rings. The van der Waals surface area contributed by atoms with E-state index in [1.807, 2.05) is 25.7 Å². The van der Waals surface area contributed by atoms with Crippen LogP contribution in [0.2, 0.25) is 0 Å². The van der Waals surface area contributed by atoms with Gasteiger partial charge in [-0.2, -0.15) is 0 Å². The van der Waals surface area contributed by atoms with E-state index in [9.17, 15) is 9.59 Å². The van der Waals surface area contributed by atoms with E-state index in [1.54, 1.807) is 0 Å². The molecule has 1 saturated heterocycles. The predicted molar refractivity (Wildman–Crippen MR) is 78.4 cm³/mol. The fourth-order valence-electron chi connectivity index (χ4n) is 2.61. The van der Waals surface area contributed by atoms with Gasteiger partial charge < -0.3 is 15.0 Å². The van der Waals surface area contributed by atoms with Crippen molar-refractivity contribution in [1.29, 1.82) is 0 Å². The third kappa shape index (κ3) is 6.26. The number of ether oxygens (including phenoxy) is 1. The maximum Gasteiger partial charge on any atom is 0.407 e. The molecule has 0 spiro atoms. The van der Waals surface area contributed by atoms with Gasteiger partial charge in [0.1, 0.15) is 5.60 Å². The van der Waals surface area contributed by atoms with Crippen LogP contribution < -0.4 is 5.32 Å². The second-order valence-corrected chi connectivity index (χ2v) is 6.92. The van der Waals surface area contributed by atoms with Crippen LogP contribution in [0.1, 0.15) is 47.5 Å². The molecule has 20 heavy (non-hydrogen) atoms. The molecule has 2 unspecified atom stereocenters. The molecule has 0 aliphatic carbocycles. The molecule has 1 N–H and O–H groups in total. The van der Waals surface area contributed by atoms with Gasteiger partial charge in [-0.1, -0.05) is 13.8 Å². The van der Waals surface area contributed by atoms with Crippen molar-refractivity contribution in [3.8, 4) is 0 Å². The van der Waals surface area contributed by atoms with Gasteiger partial charge in [-0.25, -0.2) is 4.79 Å². The molecule has 116 valence electrons. The standard InChI is InChI=1S/C15H28N2O3/c1-11-8-12(2)10-17(9-11)13(18)6-7-16-14(19)20-15(3,4)5/h11-12H,6-10H2,1-5H3,(H,16,19). The molecule has 1 aliphatic heterocycles. The monoisotopic (exact) mass is 284 g/mol. The summed E-state index contributed by atoms with van der Waals surface area (Å²) < 4.78 is 5.12. The summed E-state index contributed by atoms with van der Waals surface area (Å²) in [5.41, 5.74) is -0.508. The van der Waals surface area contributed by atoms with Gasteiger partial charge in [-0.15, -0.1) is 0 Å². The average molecular weight is 284 g/mol. The molecule has 1 rings (SSSR count). The molecule has 0 bridgehead atoms. The number of alkyl carbamates (subject to hydrolysis) is 1. The maximum absolute atomic E-state index is 12.1. The molecule has 0 aromatic heterocycles. The van der Waals surface area contributed by atoms with E-state index in [0.717, 1.165) is 13.1 Å². The van der Waals surface area contributed by atoms with E-state index in [-0.39, 0.29) is 5.91 Å². The zero-order chi connectivity index (χ0) is 15.3. The lowest BCUT2D eigenvalue weighted by Crippen LogP contribution is -2.43. The molecule has 1 heterocycles. The van der Waals surface area contributed by atoms with Crippen molar-refractivity contribution < 1.29 is 14.3 Å². The second kappa shape index (κ2) is 6.95. The van der Waals surface area contributed by atoms with Crippen molar-refractivity contribution in [2.24, 2.45) is 11.8 Å². The van der Waals surface area contributed by atoms with Crippen molar-refractivity contribution >= 4 is 12.0 Å². The molecular formula is C15H28N2O3. The number of piperidine rings is 1. The number of nitrogens with zero attached hydrogens (tertiary/aromatic N) is 1. The van der Waals surface area contributed by atoms with Gasteiger partial charge >= 0.3 is 6.09 Å². The fourth-order valence-corrected chi connectivity index (χ4v) is 2.61. The number of rotatable bonds is 3. The van der Waals surface area contributed by atoms with Gasteiger partial charge in [0.05, 0.1) is 0 Å². The van der Waals surface area contributed by atoms with Gasteiger partial charge in [-0.3, -0.25) is 4.79 Å². The zero-order valence-corrected chi connectivity index (χ0v) is 13.4. The van der Waals surface area contributed by atoms with Crippen molar-refractivity contribution in [2.75, 3.05) is 19.6 Å². The number of hydrogen-bond acceptors (Lipinski definition) is 3. The smallest absolute Gasteiger partial charge is 0.407 e. The molecule has 0 saturated carbocycles. The highest BCUT2D eigenvalue weighted by molar-refractivity contribution is 5.77. The van der Waals surface area contributed by atoms with Crippen LogP contribution in [-0.4, -0.2) is 42.1 Å². The molecule has 2 atom stereocenters. The van der Waals surface area contributed by atoms with Crippen molar-refractivity contribution in [2.45, 2.75) is 53.1 Å². The lowest BCUT2D eigenvalue weighted by molar-refractivity contribution is -0.133. The first-order valence-electron chi connectivity index (χ1n) is 7.42. The summed E-state index contributed by atoms with van der Waals surface area (Å²) in [6.45, 7) is 11.8. The Hall–Kier alpha value is -1.26. The number of carbonyl (C=O) groups is 2. The van der Waals surface area contributed by atoms with Crippen LogP contribution >= 0.6 is 0 Å². The first-order chi connectivity index (χ1) is 9.17. The van der Waals surface area contributed by atoms with Crippen LogP contribution in [0.15, 0.2) is 0 Å². The van der Waals surface area contributed by atoms with Gasteiger partial charge in [-0.05, 0) is 39.0 Å². The Morgan fingerprint density at radius 2 is 1.75 bits per heavy atom. The second-order valence-electron chi connectivity index (χ2n) is 6.92. The van der Waals surface area contributed by atoms with E-state index in [4.69, 9.17) is 4.74 Å². The summed E-state index contributed by atoms with van der Waals surface area (Å²) in [6, 6.07) is 0. The quantitative estimate of drug-likeness (QED) is 0.865. The van der Waals surface area contributed by atoms with Crippen LogP contribution in [0.4, 0.5) is 4.79 Å². The molecule has 0 aromatic rings. The SMILES string of the molecule is CC1CC(C)CN(C(=O)CCNC(=O)OC(C)(C)C)C1. The minimum Gasteiger partial charge on any atom is -0.444 e. The summed E-state index contributed by atoms with van der Waals surface area (Å²) in [5, 5.41) is 2.62. The van der Waals surface area contributed by atoms with E-state index < -0.39 is 11.7 Å². The number of hydrogen-bond donors (Lipinski definition) is 1. The minimum absolute atomic E-state index is 0.111. The highest BCUT2D eigenvalue weighted by atomic mass is 16.6. The lowest BCUT2D eigenvalue weighted by atomic mass is 9.92. The topological polar surface area (TPSA) is 58.6 Å². The van der Waals surface area contributed by atoms with Crippen LogP contribution in [-0.2, 0) is 9.53 Å². The summed E-state index contributed by atoms with van der Waals surface area (Å²) in [5.74, 6) is 1.22. The van der Waals surface area contributed by atoms with Crippen molar-refractivity contribution in [3.05, 3.63) is 0 Å². The van der Waals surface area contributed by atoms with E-state index in [2.05, 4.69) is 19.2 Å². The molecule has 2 amide bonds. The molecule has 5 heteroatoms. The van der Waals surface area contributed by atoms with Gasteiger partial charge in [0.2, 0.25) is 5.91 Å². The Bertz CT molecular complexity index is 340. The maximum atomic E-state index is 12.1. The number of nitrogens with one attached hydrogen (secondary N) is 1. The fraction of sp³-hybridized carbons (Fsp3) is 0.867. The Balaban J connectivity index is 2.28. The molecule has 0 aromatic carbocycles. The first kappa shape index (κ1) is 16.8. The molecule has 1 fully saturated rings. The van der Waals surface area contributed by atoms with Gasteiger partial charge in [0.25, 0.3) is 0 Å². The van der Waals surface area contributed by atoms with Crippen LogP contribution in [0.3, 0.4) is 0 Å². The highest BCUT2D eigenvalue weighted by Gasteiger charge is 2.25. The molecule has 0 radical (unpaired) electrons. The summed E-state index contributed by atoms with van der Waals surface area (Å²) >= 11 is 0. The Kier molecular flexibility index (Phi) is 5.84. The molecule has 5 nitrogen and oxygen atoms in total. The van der Waals surface area contributed by atoms with Crippen molar-refractivity contribution in [1.82, 2.24) is 10.2 Å². The lowest BCUT2D eigenvalue weighted by Gasteiger charge is -2.35. The first-order valence-corrected chi connectivity index (χ1v) is 7.42. The van der Waals surface area contributed by atoms with Crippen LogP contribution in [0, 0.1) is 11.8 Å². The van der Waals surface area contributed by atoms with Gasteiger partial charge in [0, 0.05) is 26.1 Å². The van der Waals surface area contributed by atoms with E-state index >= 15 is 0 Å². The predicted octanol–water partition coefficient (Wildman–Crippen LogP) is 2.41. The highest BCUT2D eigenvalue weighted by Crippen LogP contribution is 2.21. The van der Waals surface area contributed by atoms with Crippen LogP contribution in [0.25, 0.3) is 0 Å². The number of likely N-dealkylation sites (tertiary alicyclic amines) is 1.